The standard InChI is InChI=1S/C16H27N3O3S/c1-13-6-7-14(2)15(12-13)17-16(20)8-9-19(23(5,21)22)11-10-18(3)4/h6-7,12H,8-11H2,1-5H3,(H,17,20). The molecule has 0 atom stereocenters. The number of hydrogen-bond acceptors (Lipinski definition) is 4. The molecule has 23 heavy (non-hydrogen) atoms. The Bertz CT molecular complexity index is 642. The number of anilines is 1. The van der Waals surface area contributed by atoms with Crippen molar-refractivity contribution in [2.24, 2.45) is 0 Å². The van der Waals surface area contributed by atoms with Gasteiger partial charge < -0.3 is 10.2 Å². The van der Waals surface area contributed by atoms with Crippen LogP contribution in [0.25, 0.3) is 0 Å². The molecule has 0 aliphatic carbocycles. The predicted molar refractivity (Wildman–Crippen MR) is 94.1 cm³/mol. The molecule has 130 valence electrons. The molecule has 0 aliphatic heterocycles. The summed E-state index contributed by atoms with van der Waals surface area (Å²) in [6, 6.07) is 5.84. The first kappa shape index (κ1) is 19.6. The van der Waals surface area contributed by atoms with Gasteiger partial charge in [-0.25, -0.2) is 12.7 Å². The fourth-order valence-electron chi connectivity index (χ4n) is 2.06. The molecule has 6 nitrogen and oxygen atoms in total. The van der Waals surface area contributed by atoms with E-state index in [1.165, 1.54) is 10.6 Å². The number of benzene rings is 1. The van der Waals surface area contributed by atoms with E-state index in [1.807, 2.05) is 51.0 Å². The van der Waals surface area contributed by atoms with Crippen LogP contribution >= 0.6 is 0 Å². The second kappa shape index (κ2) is 8.42. The summed E-state index contributed by atoms with van der Waals surface area (Å²) in [7, 11) is 0.448. The Morgan fingerprint density at radius 3 is 2.35 bits per heavy atom. The van der Waals surface area contributed by atoms with Crippen molar-refractivity contribution in [1.29, 1.82) is 0 Å². The second-order valence-electron chi connectivity index (χ2n) is 6.08. The van der Waals surface area contributed by atoms with Crippen molar-refractivity contribution in [3.05, 3.63) is 29.3 Å². The first-order chi connectivity index (χ1) is 10.6. The molecule has 0 unspecified atom stereocenters. The van der Waals surface area contributed by atoms with Gasteiger partial charge in [0, 0.05) is 31.7 Å². The van der Waals surface area contributed by atoms with E-state index in [0.29, 0.717) is 13.1 Å². The van der Waals surface area contributed by atoms with Crippen LogP contribution in [-0.4, -0.2) is 63.5 Å². The van der Waals surface area contributed by atoms with Gasteiger partial charge in [-0.3, -0.25) is 4.79 Å². The van der Waals surface area contributed by atoms with Gasteiger partial charge in [0.2, 0.25) is 15.9 Å². The van der Waals surface area contributed by atoms with Crippen LogP contribution in [0.5, 0.6) is 0 Å². The fraction of sp³-hybridized carbons (Fsp3) is 0.562. The number of sulfonamides is 1. The number of amides is 1. The molecule has 1 rings (SSSR count). The third-order valence-electron chi connectivity index (χ3n) is 3.52. The Hall–Kier alpha value is -1.44. The van der Waals surface area contributed by atoms with Gasteiger partial charge in [-0.2, -0.15) is 0 Å². The molecule has 1 amide bonds. The Balaban J connectivity index is 2.63. The smallest absolute Gasteiger partial charge is 0.225 e. The minimum atomic E-state index is -3.32. The Kier molecular flexibility index (Phi) is 7.18. The summed E-state index contributed by atoms with van der Waals surface area (Å²) in [6.45, 7) is 5.06. The molecule has 1 N–H and O–H groups in total. The van der Waals surface area contributed by atoms with Crippen molar-refractivity contribution in [2.75, 3.05) is 45.3 Å². The molecule has 1 aromatic rings. The number of rotatable bonds is 8. The van der Waals surface area contributed by atoms with Gasteiger partial charge in [0.15, 0.2) is 0 Å². The van der Waals surface area contributed by atoms with Crippen molar-refractivity contribution in [1.82, 2.24) is 9.21 Å². The number of nitrogens with zero attached hydrogens (tertiary/aromatic N) is 2. The fourth-order valence-corrected chi connectivity index (χ4v) is 2.90. The zero-order valence-electron chi connectivity index (χ0n) is 14.6. The molecule has 0 aromatic heterocycles. The maximum atomic E-state index is 12.1. The molecule has 0 saturated heterocycles. The predicted octanol–water partition coefficient (Wildman–Crippen LogP) is 1.46. The molecule has 1 aromatic carbocycles. The highest BCUT2D eigenvalue weighted by atomic mass is 32.2. The van der Waals surface area contributed by atoms with Crippen molar-refractivity contribution in [3.63, 3.8) is 0 Å². The van der Waals surface area contributed by atoms with Crippen LogP contribution in [0.1, 0.15) is 17.5 Å². The lowest BCUT2D eigenvalue weighted by Gasteiger charge is -2.21. The minimum Gasteiger partial charge on any atom is -0.326 e. The number of carbonyl (C=O) groups is 1. The van der Waals surface area contributed by atoms with E-state index >= 15 is 0 Å². The summed E-state index contributed by atoms with van der Waals surface area (Å²) in [4.78, 5) is 14.0. The van der Waals surface area contributed by atoms with Crippen molar-refractivity contribution in [2.45, 2.75) is 20.3 Å². The SMILES string of the molecule is Cc1ccc(C)c(NC(=O)CCN(CCN(C)C)S(C)(=O)=O)c1. The van der Waals surface area contributed by atoms with Crippen LogP contribution in [0.15, 0.2) is 18.2 Å². The summed E-state index contributed by atoms with van der Waals surface area (Å²) in [6.07, 6.45) is 1.30. The average Bonchev–Trinajstić information content (AvgIpc) is 2.41. The lowest BCUT2D eigenvalue weighted by molar-refractivity contribution is -0.116. The molecular weight excluding hydrogens is 314 g/mol. The van der Waals surface area contributed by atoms with E-state index in [9.17, 15) is 13.2 Å². The zero-order chi connectivity index (χ0) is 17.6. The molecule has 0 radical (unpaired) electrons. The highest BCUT2D eigenvalue weighted by Crippen LogP contribution is 2.16. The molecule has 0 spiro atoms. The van der Waals surface area contributed by atoms with E-state index in [-0.39, 0.29) is 18.9 Å². The number of nitrogens with one attached hydrogen (secondary N) is 1. The highest BCUT2D eigenvalue weighted by Gasteiger charge is 2.18. The molecule has 0 saturated carbocycles. The van der Waals surface area contributed by atoms with Crippen molar-refractivity contribution in [3.8, 4) is 0 Å². The normalized spacial score (nSPS) is 12.0. The maximum absolute atomic E-state index is 12.1. The number of carbonyl (C=O) groups excluding carboxylic acids is 1. The van der Waals surface area contributed by atoms with Gasteiger partial charge in [0.1, 0.15) is 0 Å². The number of likely N-dealkylation sites (N-methyl/N-ethyl adjacent to an activating group) is 1. The van der Waals surface area contributed by atoms with Crippen LogP contribution in [0.3, 0.4) is 0 Å². The molecular formula is C16H27N3O3S. The summed E-state index contributed by atoms with van der Waals surface area (Å²) < 4.78 is 24.9. The maximum Gasteiger partial charge on any atom is 0.225 e. The third kappa shape index (κ3) is 7.11. The van der Waals surface area contributed by atoms with Crippen LogP contribution in [0.2, 0.25) is 0 Å². The van der Waals surface area contributed by atoms with Gasteiger partial charge in [-0.05, 0) is 45.1 Å². The van der Waals surface area contributed by atoms with Gasteiger partial charge in [0.05, 0.1) is 6.26 Å². The van der Waals surface area contributed by atoms with Crippen molar-refractivity contribution >= 4 is 21.6 Å². The van der Waals surface area contributed by atoms with E-state index in [4.69, 9.17) is 0 Å². The van der Waals surface area contributed by atoms with Gasteiger partial charge in [0.25, 0.3) is 0 Å². The second-order valence-corrected chi connectivity index (χ2v) is 8.06. The Labute approximate surface area is 139 Å². The van der Waals surface area contributed by atoms with Crippen LogP contribution in [0.4, 0.5) is 5.69 Å². The molecule has 7 heteroatoms. The topological polar surface area (TPSA) is 69.7 Å². The van der Waals surface area contributed by atoms with Crippen LogP contribution < -0.4 is 5.32 Å². The lowest BCUT2D eigenvalue weighted by Crippen LogP contribution is -2.37. The molecule has 0 bridgehead atoms. The minimum absolute atomic E-state index is 0.133. The van der Waals surface area contributed by atoms with E-state index in [0.717, 1.165) is 16.8 Å². The summed E-state index contributed by atoms with van der Waals surface area (Å²) >= 11 is 0. The monoisotopic (exact) mass is 341 g/mol. The van der Waals surface area contributed by atoms with Crippen LogP contribution in [-0.2, 0) is 14.8 Å². The lowest BCUT2D eigenvalue weighted by atomic mass is 10.1. The van der Waals surface area contributed by atoms with E-state index in [2.05, 4.69) is 5.32 Å². The highest BCUT2D eigenvalue weighted by molar-refractivity contribution is 7.88. The van der Waals surface area contributed by atoms with E-state index in [1.54, 1.807) is 0 Å². The third-order valence-corrected chi connectivity index (χ3v) is 4.82. The Morgan fingerprint density at radius 2 is 1.78 bits per heavy atom. The van der Waals surface area contributed by atoms with Crippen molar-refractivity contribution < 1.29 is 13.2 Å². The zero-order valence-corrected chi connectivity index (χ0v) is 15.4. The first-order valence-electron chi connectivity index (χ1n) is 7.56. The largest absolute Gasteiger partial charge is 0.326 e. The van der Waals surface area contributed by atoms with Crippen LogP contribution in [0, 0.1) is 13.8 Å². The number of aryl methyl sites for hydroxylation is 2. The first-order valence-corrected chi connectivity index (χ1v) is 9.41. The summed E-state index contributed by atoms with van der Waals surface area (Å²) in [5, 5.41) is 2.85. The number of hydrogen-bond donors (Lipinski definition) is 1. The Morgan fingerprint density at radius 1 is 1.13 bits per heavy atom. The quantitative estimate of drug-likeness (QED) is 0.777. The van der Waals surface area contributed by atoms with Gasteiger partial charge in [-0.1, -0.05) is 12.1 Å². The molecule has 0 heterocycles. The summed E-state index contributed by atoms with van der Waals surface area (Å²) in [5.74, 6) is -0.183. The molecule has 0 fully saturated rings. The van der Waals surface area contributed by atoms with Gasteiger partial charge >= 0.3 is 0 Å². The van der Waals surface area contributed by atoms with Gasteiger partial charge in [-0.15, -0.1) is 0 Å². The van der Waals surface area contributed by atoms with E-state index < -0.39 is 10.0 Å². The summed E-state index contributed by atoms with van der Waals surface area (Å²) in [5.41, 5.74) is 2.82. The molecule has 0 aliphatic rings. The average molecular weight is 341 g/mol.